The molecule has 1 N–H and O–H groups in total. The number of carbonyl (C=O) groups excluding carboxylic acids is 2. The third-order valence-electron chi connectivity index (χ3n) is 10.3. The number of hydrogen-bond acceptors (Lipinski definition) is 2. The zero-order chi connectivity index (χ0) is 22.0. The van der Waals surface area contributed by atoms with Crippen molar-refractivity contribution >= 4 is 17.5 Å². The van der Waals surface area contributed by atoms with Gasteiger partial charge in [-0.2, -0.15) is 0 Å². The van der Waals surface area contributed by atoms with Gasteiger partial charge in [-0.15, -0.1) is 0 Å². The molecule has 3 saturated carbocycles. The van der Waals surface area contributed by atoms with Crippen LogP contribution in [-0.2, 0) is 9.59 Å². The van der Waals surface area contributed by atoms with Crippen LogP contribution in [0.2, 0.25) is 0 Å². The summed E-state index contributed by atoms with van der Waals surface area (Å²) < 4.78 is 0. The Hall–Kier alpha value is -1.84. The van der Waals surface area contributed by atoms with E-state index in [1.54, 1.807) is 0 Å². The van der Waals surface area contributed by atoms with Crippen LogP contribution < -0.4 is 5.32 Å². The molecular formula is C27H38N2O2. The Morgan fingerprint density at radius 2 is 1.74 bits per heavy atom. The minimum absolute atomic E-state index is 0.0911. The number of carbonyl (C=O) groups is 2. The largest absolute Gasteiger partial charge is 0.342 e. The fraction of sp³-hybridized carbons (Fsp3) is 0.704. The number of anilines is 1. The van der Waals surface area contributed by atoms with Gasteiger partial charge in [0.25, 0.3) is 0 Å². The second kappa shape index (κ2) is 7.35. The van der Waals surface area contributed by atoms with Crippen LogP contribution in [0.4, 0.5) is 5.69 Å². The maximum Gasteiger partial charge on any atom is 0.228 e. The lowest BCUT2D eigenvalue weighted by molar-refractivity contribution is -0.167. The fourth-order valence-corrected chi connectivity index (χ4v) is 8.64. The zero-order valence-electron chi connectivity index (χ0n) is 19.6. The molecular weight excluding hydrogens is 384 g/mol. The lowest BCUT2D eigenvalue weighted by atomic mass is 9.44. The van der Waals surface area contributed by atoms with Crippen LogP contribution >= 0.6 is 0 Å². The topological polar surface area (TPSA) is 49.4 Å². The number of likely N-dealkylation sites (tertiary alicyclic amines) is 1. The van der Waals surface area contributed by atoms with Crippen molar-refractivity contribution in [1.82, 2.24) is 4.90 Å². The Morgan fingerprint density at radius 3 is 2.48 bits per heavy atom. The molecule has 168 valence electrons. The third-order valence-corrected chi connectivity index (χ3v) is 10.3. The van der Waals surface area contributed by atoms with E-state index in [2.05, 4.69) is 31.0 Å². The molecule has 1 saturated heterocycles. The average Bonchev–Trinajstić information content (AvgIpc) is 3.10. The Bertz CT molecular complexity index is 869. The molecule has 1 aliphatic heterocycles. The number of para-hydroxylation sites is 1. The molecule has 0 radical (unpaired) electrons. The number of amides is 2. The number of nitrogens with zero attached hydrogens (tertiary/aromatic N) is 1. The highest BCUT2D eigenvalue weighted by Crippen LogP contribution is 2.67. The van der Waals surface area contributed by atoms with Crippen LogP contribution in [0.15, 0.2) is 30.3 Å². The molecule has 0 spiro atoms. The monoisotopic (exact) mass is 422 g/mol. The summed E-state index contributed by atoms with van der Waals surface area (Å²) in [5, 5.41) is 3.21. The second-order valence-electron chi connectivity index (χ2n) is 11.6. The van der Waals surface area contributed by atoms with Crippen LogP contribution in [-0.4, -0.2) is 29.8 Å². The van der Waals surface area contributed by atoms with Gasteiger partial charge in [0.1, 0.15) is 0 Å². The lowest BCUT2D eigenvalue weighted by Gasteiger charge is -2.63. The summed E-state index contributed by atoms with van der Waals surface area (Å²) in [6.07, 6.45) is 7.37. The minimum Gasteiger partial charge on any atom is -0.342 e. The van der Waals surface area contributed by atoms with E-state index in [1.165, 1.54) is 12.8 Å². The minimum atomic E-state index is 0.0911. The standard InChI is InChI=1S/C27H38N2O2/c1-17-16-22-27(3,15-13-23(30)29(22)4)20-12-14-26(2)19(24(17)20)10-11-21(26)25(31)28-18-8-6-5-7-9-18/h5-9,17,19-22,24H,10-16H2,1-4H3,(H,28,31)/t17?,19-,20+,21?,22?,24-,26-,27+/m0/s1. The number of fused-ring (bicyclic) bond motifs is 5. The molecule has 4 fully saturated rings. The number of nitrogens with one attached hydrogen (secondary N) is 1. The van der Waals surface area contributed by atoms with E-state index in [9.17, 15) is 9.59 Å². The summed E-state index contributed by atoms with van der Waals surface area (Å²) in [7, 11) is 2.03. The second-order valence-corrected chi connectivity index (χ2v) is 11.6. The average molecular weight is 423 g/mol. The molecule has 5 rings (SSSR count). The van der Waals surface area contributed by atoms with E-state index >= 15 is 0 Å². The van der Waals surface area contributed by atoms with Crippen molar-refractivity contribution < 1.29 is 9.59 Å². The molecule has 3 unspecified atom stereocenters. The van der Waals surface area contributed by atoms with Gasteiger partial charge in [-0.05, 0) is 85.2 Å². The van der Waals surface area contributed by atoms with E-state index in [0.717, 1.165) is 31.4 Å². The molecule has 4 nitrogen and oxygen atoms in total. The number of rotatable bonds is 2. The van der Waals surface area contributed by atoms with Crippen molar-refractivity contribution in [2.45, 2.75) is 71.8 Å². The Labute approximate surface area is 187 Å². The first-order valence-corrected chi connectivity index (χ1v) is 12.4. The van der Waals surface area contributed by atoms with Crippen molar-refractivity contribution in [3.8, 4) is 0 Å². The molecule has 4 aliphatic rings. The normalized spacial score (nSPS) is 44.3. The van der Waals surface area contributed by atoms with Crippen LogP contribution in [0.3, 0.4) is 0 Å². The molecule has 2 amide bonds. The molecule has 0 bridgehead atoms. The predicted molar refractivity (Wildman–Crippen MR) is 123 cm³/mol. The van der Waals surface area contributed by atoms with Gasteiger partial charge in [0.05, 0.1) is 0 Å². The van der Waals surface area contributed by atoms with Crippen LogP contribution in [0.5, 0.6) is 0 Å². The first kappa shape index (κ1) is 21.0. The van der Waals surface area contributed by atoms with Crippen LogP contribution in [0, 0.1) is 40.4 Å². The van der Waals surface area contributed by atoms with Crippen molar-refractivity contribution in [2.24, 2.45) is 40.4 Å². The summed E-state index contributed by atoms with van der Waals surface area (Å²) in [4.78, 5) is 27.9. The molecule has 0 aromatic heterocycles. The number of hydrogen-bond donors (Lipinski definition) is 1. The summed E-state index contributed by atoms with van der Waals surface area (Å²) in [6, 6.07) is 10.3. The summed E-state index contributed by atoms with van der Waals surface area (Å²) in [5.74, 6) is 3.22. The van der Waals surface area contributed by atoms with Gasteiger partial charge in [0, 0.05) is 31.1 Å². The van der Waals surface area contributed by atoms with Gasteiger partial charge in [0.15, 0.2) is 0 Å². The molecule has 8 atom stereocenters. The zero-order valence-corrected chi connectivity index (χ0v) is 19.6. The summed E-state index contributed by atoms with van der Waals surface area (Å²) in [5.41, 5.74) is 1.23. The van der Waals surface area contributed by atoms with E-state index < -0.39 is 0 Å². The first-order chi connectivity index (χ1) is 14.8. The quantitative estimate of drug-likeness (QED) is 0.698. The number of benzene rings is 1. The van der Waals surface area contributed by atoms with E-state index in [4.69, 9.17) is 0 Å². The SMILES string of the molecule is CC1CC2N(C)C(=O)CC[C@]2(C)[C@@H]2CC[C@]3(C)C(C(=O)Nc4ccccc4)CC[C@H]3[C@H]12. The van der Waals surface area contributed by atoms with E-state index in [1.807, 2.05) is 37.4 Å². The van der Waals surface area contributed by atoms with Crippen molar-refractivity contribution in [2.75, 3.05) is 12.4 Å². The molecule has 1 aromatic rings. The summed E-state index contributed by atoms with van der Waals surface area (Å²) >= 11 is 0. The van der Waals surface area contributed by atoms with Crippen LogP contribution in [0.1, 0.15) is 65.7 Å². The van der Waals surface area contributed by atoms with Crippen LogP contribution in [0.25, 0.3) is 0 Å². The van der Waals surface area contributed by atoms with Gasteiger partial charge in [-0.1, -0.05) is 39.0 Å². The summed E-state index contributed by atoms with van der Waals surface area (Å²) in [6.45, 7) is 7.31. The third kappa shape index (κ3) is 3.08. The fourth-order valence-electron chi connectivity index (χ4n) is 8.64. The predicted octanol–water partition coefficient (Wildman–Crippen LogP) is 5.35. The molecule has 4 heteroatoms. The maximum absolute atomic E-state index is 13.3. The van der Waals surface area contributed by atoms with Gasteiger partial charge in [-0.3, -0.25) is 9.59 Å². The van der Waals surface area contributed by atoms with Gasteiger partial charge < -0.3 is 10.2 Å². The lowest BCUT2D eigenvalue weighted by Crippen LogP contribution is -2.63. The highest BCUT2D eigenvalue weighted by molar-refractivity contribution is 5.93. The number of piperidine rings is 1. The first-order valence-electron chi connectivity index (χ1n) is 12.4. The highest BCUT2D eigenvalue weighted by atomic mass is 16.2. The van der Waals surface area contributed by atoms with Gasteiger partial charge >= 0.3 is 0 Å². The molecule has 1 aromatic carbocycles. The van der Waals surface area contributed by atoms with Gasteiger partial charge in [-0.25, -0.2) is 0 Å². The van der Waals surface area contributed by atoms with Crippen molar-refractivity contribution in [1.29, 1.82) is 0 Å². The Morgan fingerprint density at radius 1 is 1.03 bits per heavy atom. The van der Waals surface area contributed by atoms with Crippen molar-refractivity contribution in [3.05, 3.63) is 30.3 Å². The maximum atomic E-state index is 13.3. The van der Waals surface area contributed by atoms with E-state index in [-0.39, 0.29) is 22.7 Å². The Balaban J connectivity index is 1.40. The van der Waals surface area contributed by atoms with Crippen molar-refractivity contribution in [3.63, 3.8) is 0 Å². The molecule has 3 aliphatic carbocycles. The van der Waals surface area contributed by atoms with Gasteiger partial charge in [0.2, 0.25) is 11.8 Å². The molecule has 1 heterocycles. The van der Waals surface area contributed by atoms with E-state index in [0.29, 0.717) is 42.0 Å². The Kier molecular flexibility index (Phi) is 4.99. The molecule has 31 heavy (non-hydrogen) atoms. The smallest absolute Gasteiger partial charge is 0.228 e. The highest BCUT2D eigenvalue weighted by Gasteiger charge is 2.63.